The predicted octanol–water partition coefficient (Wildman–Crippen LogP) is 1.99. The van der Waals surface area contributed by atoms with Crippen molar-refractivity contribution in [2.24, 2.45) is 0 Å². The lowest BCUT2D eigenvalue weighted by molar-refractivity contribution is 0.414. The average Bonchev–Trinajstić information content (AvgIpc) is 2.28. The van der Waals surface area contributed by atoms with Gasteiger partial charge in [0.2, 0.25) is 0 Å². The first-order valence-electron chi connectivity index (χ1n) is 5.45. The molecule has 1 aromatic rings. The molecule has 0 N–H and O–H groups in total. The van der Waals surface area contributed by atoms with Crippen molar-refractivity contribution < 1.29 is 13.2 Å². The van der Waals surface area contributed by atoms with Gasteiger partial charge >= 0.3 is 0 Å². The van der Waals surface area contributed by atoms with E-state index < -0.39 is 9.84 Å². The van der Waals surface area contributed by atoms with Crippen molar-refractivity contribution in [2.45, 2.75) is 18.8 Å². The zero-order chi connectivity index (χ0) is 11.6. The van der Waals surface area contributed by atoms with E-state index in [4.69, 9.17) is 4.74 Å². The van der Waals surface area contributed by atoms with Crippen molar-refractivity contribution in [2.75, 3.05) is 18.6 Å². The molecule has 3 nitrogen and oxygen atoms in total. The van der Waals surface area contributed by atoms with Crippen LogP contribution in [0.1, 0.15) is 24.3 Å². The molecule has 1 fully saturated rings. The van der Waals surface area contributed by atoms with Gasteiger partial charge < -0.3 is 4.74 Å². The lowest BCUT2D eigenvalue weighted by atomic mass is 9.96. The topological polar surface area (TPSA) is 43.4 Å². The Morgan fingerprint density at radius 1 is 1.25 bits per heavy atom. The van der Waals surface area contributed by atoms with E-state index in [9.17, 15) is 8.42 Å². The van der Waals surface area contributed by atoms with Crippen molar-refractivity contribution in [3.05, 3.63) is 29.8 Å². The molecular weight excluding hydrogens is 224 g/mol. The van der Waals surface area contributed by atoms with Gasteiger partial charge in [-0.1, -0.05) is 12.1 Å². The van der Waals surface area contributed by atoms with E-state index in [1.54, 1.807) is 7.11 Å². The molecule has 4 heteroatoms. The summed E-state index contributed by atoms with van der Waals surface area (Å²) < 4.78 is 28.1. The van der Waals surface area contributed by atoms with Crippen LogP contribution in [0.15, 0.2) is 24.3 Å². The number of rotatable bonds is 2. The molecule has 0 bridgehead atoms. The highest BCUT2D eigenvalue weighted by molar-refractivity contribution is 7.91. The molecule has 2 rings (SSSR count). The summed E-state index contributed by atoms with van der Waals surface area (Å²) in [5.41, 5.74) is 1.10. The standard InChI is InChI=1S/C12H16O3S/c1-15-12-6-4-10(5-7-12)11-3-2-8-16(13,14)9-11/h4-7,11H,2-3,8-9H2,1H3/t11-/m0/s1. The van der Waals surface area contributed by atoms with Gasteiger partial charge in [-0.15, -0.1) is 0 Å². The van der Waals surface area contributed by atoms with Crippen LogP contribution in [-0.2, 0) is 9.84 Å². The number of benzene rings is 1. The van der Waals surface area contributed by atoms with Gasteiger partial charge in [0.1, 0.15) is 5.75 Å². The van der Waals surface area contributed by atoms with Crippen LogP contribution in [-0.4, -0.2) is 27.0 Å². The van der Waals surface area contributed by atoms with Crippen molar-refractivity contribution in [1.82, 2.24) is 0 Å². The fraction of sp³-hybridized carbons (Fsp3) is 0.500. The van der Waals surface area contributed by atoms with Gasteiger partial charge in [-0.25, -0.2) is 8.42 Å². The van der Waals surface area contributed by atoms with Gasteiger partial charge in [0.05, 0.1) is 18.6 Å². The van der Waals surface area contributed by atoms with Crippen LogP contribution in [0.25, 0.3) is 0 Å². The molecule has 0 saturated carbocycles. The summed E-state index contributed by atoms with van der Waals surface area (Å²) in [6, 6.07) is 7.70. The highest BCUT2D eigenvalue weighted by Gasteiger charge is 2.25. The maximum absolute atomic E-state index is 11.5. The quantitative estimate of drug-likeness (QED) is 0.794. The highest BCUT2D eigenvalue weighted by Crippen LogP contribution is 2.29. The molecule has 88 valence electrons. The molecule has 0 unspecified atom stereocenters. The van der Waals surface area contributed by atoms with E-state index in [1.165, 1.54) is 0 Å². The molecule has 1 atom stereocenters. The number of ether oxygens (including phenoxy) is 1. The van der Waals surface area contributed by atoms with Crippen LogP contribution in [0.5, 0.6) is 5.75 Å². The van der Waals surface area contributed by atoms with E-state index in [0.717, 1.165) is 24.2 Å². The number of sulfone groups is 1. The summed E-state index contributed by atoms with van der Waals surface area (Å²) in [4.78, 5) is 0. The van der Waals surface area contributed by atoms with E-state index in [-0.39, 0.29) is 5.92 Å². The zero-order valence-electron chi connectivity index (χ0n) is 9.35. The fourth-order valence-corrected chi connectivity index (χ4v) is 3.91. The van der Waals surface area contributed by atoms with E-state index in [1.807, 2.05) is 24.3 Å². The summed E-state index contributed by atoms with van der Waals surface area (Å²) in [6.07, 6.45) is 1.74. The molecule has 1 saturated heterocycles. The molecular formula is C12H16O3S. The first-order valence-corrected chi connectivity index (χ1v) is 7.27. The maximum atomic E-state index is 11.5. The van der Waals surface area contributed by atoms with Crippen LogP contribution < -0.4 is 4.74 Å². The lowest BCUT2D eigenvalue weighted by Crippen LogP contribution is -2.23. The van der Waals surface area contributed by atoms with Crippen molar-refractivity contribution in [3.63, 3.8) is 0 Å². The van der Waals surface area contributed by atoms with Crippen LogP contribution in [0.4, 0.5) is 0 Å². The summed E-state index contributed by atoms with van der Waals surface area (Å²) in [5.74, 6) is 1.60. The Morgan fingerprint density at radius 2 is 1.94 bits per heavy atom. The molecule has 1 heterocycles. The van der Waals surface area contributed by atoms with Crippen molar-refractivity contribution in [3.8, 4) is 5.75 Å². The molecule has 0 radical (unpaired) electrons. The lowest BCUT2D eigenvalue weighted by Gasteiger charge is -2.22. The second-order valence-electron chi connectivity index (χ2n) is 4.23. The van der Waals surface area contributed by atoms with Gasteiger partial charge in [0, 0.05) is 0 Å². The van der Waals surface area contributed by atoms with Crippen LogP contribution in [0.2, 0.25) is 0 Å². The summed E-state index contributed by atoms with van der Waals surface area (Å²) >= 11 is 0. The second kappa shape index (κ2) is 4.45. The van der Waals surface area contributed by atoms with Crippen molar-refractivity contribution >= 4 is 9.84 Å². The minimum atomic E-state index is -2.83. The molecule has 0 amide bonds. The Kier molecular flexibility index (Phi) is 3.19. The molecule has 1 aromatic carbocycles. The third kappa shape index (κ3) is 2.55. The monoisotopic (exact) mass is 240 g/mol. The average molecular weight is 240 g/mol. The number of hydrogen-bond acceptors (Lipinski definition) is 3. The number of hydrogen-bond donors (Lipinski definition) is 0. The minimum absolute atomic E-state index is 0.157. The Bertz CT molecular complexity index is 448. The molecule has 1 aliphatic rings. The van der Waals surface area contributed by atoms with Crippen LogP contribution in [0, 0.1) is 0 Å². The highest BCUT2D eigenvalue weighted by atomic mass is 32.2. The van der Waals surface area contributed by atoms with Crippen molar-refractivity contribution in [1.29, 1.82) is 0 Å². The fourth-order valence-electron chi connectivity index (χ4n) is 2.16. The van der Waals surface area contributed by atoms with Crippen LogP contribution >= 0.6 is 0 Å². The molecule has 0 aliphatic carbocycles. The Morgan fingerprint density at radius 3 is 2.50 bits per heavy atom. The van der Waals surface area contributed by atoms with Gasteiger partial charge in [0.25, 0.3) is 0 Å². The predicted molar refractivity (Wildman–Crippen MR) is 63.6 cm³/mol. The van der Waals surface area contributed by atoms with Crippen LogP contribution in [0.3, 0.4) is 0 Å². The summed E-state index contributed by atoms with van der Waals surface area (Å²) in [6.45, 7) is 0. The molecule has 0 spiro atoms. The largest absolute Gasteiger partial charge is 0.497 e. The Labute approximate surface area is 96.4 Å². The zero-order valence-corrected chi connectivity index (χ0v) is 10.2. The third-order valence-electron chi connectivity index (χ3n) is 3.05. The van der Waals surface area contributed by atoms with Gasteiger partial charge in [-0.2, -0.15) is 0 Å². The van der Waals surface area contributed by atoms with Gasteiger partial charge in [-0.3, -0.25) is 0 Å². The summed E-state index contributed by atoms with van der Waals surface area (Å²) in [7, 11) is -1.20. The normalized spacial score (nSPS) is 23.9. The molecule has 1 aliphatic heterocycles. The SMILES string of the molecule is COc1ccc([C@H]2CCCS(=O)(=O)C2)cc1. The first-order chi connectivity index (χ1) is 7.61. The third-order valence-corrected chi connectivity index (χ3v) is 4.87. The number of methoxy groups -OCH3 is 1. The second-order valence-corrected chi connectivity index (χ2v) is 6.46. The molecule has 0 aromatic heterocycles. The maximum Gasteiger partial charge on any atom is 0.150 e. The first kappa shape index (κ1) is 11.5. The Balaban J connectivity index is 2.17. The van der Waals surface area contributed by atoms with Gasteiger partial charge in [-0.05, 0) is 36.5 Å². The van der Waals surface area contributed by atoms with E-state index in [0.29, 0.717) is 11.5 Å². The van der Waals surface area contributed by atoms with E-state index in [2.05, 4.69) is 0 Å². The van der Waals surface area contributed by atoms with Gasteiger partial charge in [0.15, 0.2) is 9.84 Å². The summed E-state index contributed by atoms with van der Waals surface area (Å²) in [5, 5.41) is 0. The Hall–Kier alpha value is -1.03. The minimum Gasteiger partial charge on any atom is -0.497 e. The van der Waals surface area contributed by atoms with E-state index >= 15 is 0 Å². The molecule has 16 heavy (non-hydrogen) atoms. The smallest absolute Gasteiger partial charge is 0.150 e.